The number of rotatable bonds is 5. The lowest BCUT2D eigenvalue weighted by atomic mass is 10.2. The molecular weight excluding hydrogens is 238 g/mol. The maximum atomic E-state index is 4.45. The standard InChI is InChI=1S/C14H19N5/c1-2-13(16-5-1)9-18-14-4-3-12(8-17-14)10-19-7-6-15-11-19/h3-4,6-8,11,13,16H,1-2,5,9-10H2,(H,17,18)/t13-/m0/s1. The molecule has 1 aliphatic heterocycles. The zero-order valence-corrected chi connectivity index (χ0v) is 10.9. The molecule has 19 heavy (non-hydrogen) atoms. The van der Waals surface area contributed by atoms with Crippen molar-refractivity contribution >= 4 is 5.82 Å². The van der Waals surface area contributed by atoms with Gasteiger partial charge in [-0.3, -0.25) is 0 Å². The lowest BCUT2D eigenvalue weighted by Crippen LogP contribution is -2.29. The fourth-order valence-electron chi connectivity index (χ4n) is 2.37. The summed E-state index contributed by atoms with van der Waals surface area (Å²) in [6.07, 6.45) is 10.0. The molecule has 1 saturated heterocycles. The molecule has 3 heterocycles. The summed E-state index contributed by atoms with van der Waals surface area (Å²) >= 11 is 0. The van der Waals surface area contributed by atoms with E-state index in [1.165, 1.54) is 18.4 Å². The number of anilines is 1. The number of aromatic nitrogens is 3. The van der Waals surface area contributed by atoms with Gasteiger partial charge in [0, 0.05) is 37.7 Å². The van der Waals surface area contributed by atoms with Gasteiger partial charge in [0.15, 0.2) is 0 Å². The van der Waals surface area contributed by atoms with Crippen LogP contribution in [0.25, 0.3) is 0 Å². The number of hydrogen-bond donors (Lipinski definition) is 2. The second kappa shape index (κ2) is 5.84. The van der Waals surface area contributed by atoms with Gasteiger partial charge in [-0.05, 0) is 31.0 Å². The van der Waals surface area contributed by atoms with Crippen LogP contribution in [0.4, 0.5) is 5.82 Å². The molecule has 2 aromatic rings. The van der Waals surface area contributed by atoms with Crippen LogP contribution in [0.3, 0.4) is 0 Å². The molecule has 2 N–H and O–H groups in total. The van der Waals surface area contributed by atoms with E-state index in [0.29, 0.717) is 6.04 Å². The lowest BCUT2D eigenvalue weighted by molar-refractivity contribution is 0.632. The van der Waals surface area contributed by atoms with E-state index in [1.807, 2.05) is 29.4 Å². The predicted octanol–water partition coefficient (Wildman–Crippen LogP) is 1.49. The normalized spacial score (nSPS) is 18.6. The van der Waals surface area contributed by atoms with Gasteiger partial charge in [-0.25, -0.2) is 9.97 Å². The number of imidazole rings is 1. The van der Waals surface area contributed by atoms with Crippen molar-refractivity contribution < 1.29 is 0 Å². The van der Waals surface area contributed by atoms with Crippen LogP contribution in [0, 0.1) is 0 Å². The summed E-state index contributed by atoms with van der Waals surface area (Å²) in [7, 11) is 0. The van der Waals surface area contributed by atoms with E-state index in [0.717, 1.165) is 25.5 Å². The number of nitrogens with zero attached hydrogens (tertiary/aromatic N) is 3. The Morgan fingerprint density at radius 1 is 1.42 bits per heavy atom. The quantitative estimate of drug-likeness (QED) is 0.852. The molecule has 1 aliphatic rings. The van der Waals surface area contributed by atoms with Crippen molar-refractivity contribution in [1.82, 2.24) is 19.9 Å². The molecule has 100 valence electrons. The van der Waals surface area contributed by atoms with Gasteiger partial charge in [0.25, 0.3) is 0 Å². The molecule has 0 bridgehead atoms. The topological polar surface area (TPSA) is 54.8 Å². The summed E-state index contributed by atoms with van der Waals surface area (Å²) < 4.78 is 2.03. The molecule has 0 unspecified atom stereocenters. The Kier molecular flexibility index (Phi) is 3.74. The van der Waals surface area contributed by atoms with Crippen molar-refractivity contribution in [3.63, 3.8) is 0 Å². The molecular formula is C14H19N5. The Morgan fingerprint density at radius 2 is 2.42 bits per heavy atom. The molecule has 0 amide bonds. The Bertz CT molecular complexity index is 485. The van der Waals surface area contributed by atoms with Crippen molar-refractivity contribution in [2.24, 2.45) is 0 Å². The van der Waals surface area contributed by atoms with Crippen LogP contribution < -0.4 is 10.6 Å². The van der Waals surface area contributed by atoms with E-state index in [1.54, 1.807) is 6.20 Å². The largest absolute Gasteiger partial charge is 0.369 e. The van der Waals surface area contributed by atoms with Crippen molar-refractivity contribution in [3.8, 4) is 0 Å². The number of hydrogen-bond acceptors (Lipinski definition) is 4. The molecule has 0 aliphatic carbocycles. The Labute approximate surface area is 113 Å². The third kappa shape index (κ3) is 3.32. The smallest absolute Gasteiger partial charge is 0.125 e. The Morgan fingerprint density at radius 3 is 3.11 bits per heavy atom. The lowest BCUT2D eigenvalue weighted by Gasteiger charge is -2.12. The number of nitrogens with one attached hydrogen (secondary N) is 2. The van der Waals surface area contributed by atoms with E-state index in [2.05, 4.69) is 26.7 Å². The van der Waals surface area contributed by atoms with Crippen LogP contribution >= 0.6 is 0 Å². The zero-order chi connectivity index (χ0) is 12.9. The molecule has 1 atom stereocenters. The minimum absolute atomic E-state index is 0.590. The van der Waals surface area contributed by atoms with E-state index in [9.17, 15) is 0 Å². The molecule has 5 nitrogen and oxygen atoms in total. The van der Waals surface area contributed by atoms with Crippen molar-refractivity contribution in [2.75, 3.05) is 18.4 Å². The highest BCUT2D eigenvalue weighted by Gasteiger charge is 2.13. The van der Waals surface area contributed by atoms with Gasteiger partial charge in [0.05, 0.1) is 6.33 Å². The Hall–Kier alpha value is -1.88. The van der Waals surface area contributed by atoms with Gasteiger partial charge in [-0.1, -0.05) is 6.07 Å². The first-order valence-corrected chi connectivity index (χ1v) is 6.78. The van der Waals surface area contributed by atoms with Crippen LogP contribution in [-0.4, -0.2) is 33.7 Å². The molecule has 1 fully saturated rings. The van der Waals surface area contributed by atoms with Gasteiger partial charge in [0.1, 0.15) is 5.82 Å². The highest BCUT2D eigenvalue weighted by atomic mass is 15.0. The van der Waals surface area contributed by atoms with Gasteiger partial charge >= 0.3 is 0 Å². The van der Waals surface area contributed by atoms with Gasteiger partial charge in [-0.2, -0.15) is 0 Å². The highest BCUT2D eigenvalue weighted by Crippen LogP contribution is 2.09. The highest BCUT2D eigenvalue weighted by molar-refractivity contribution is 5.35. The summed E-state index contributed by atoms with van der Waals surface area (Å²) in [6, 6.07) is 4.74. The average molecular weight is 257 g/mol. The predicted molar refractivity (Wildman–Crippen MR) is 75.1 cm³/mol. The summed E-state index contributed by atoms with van der Waals surface area (Å²) in [5.74, 6) is 0.947. The minimum Gasteiger partial charge on any atom is -0.369 e. The molecule has 0 radical (unpaired) electrons. The third-order valence-electron chi connectivity index (χ3n) is 3.44. The van der Waals surface area contributed by atoms with Crippen LogP contribution in [0.15, 0.2) is 37.1 Å². The van der Waals surface area contributed by atoms with Gasteiger partial charge in [0.2, 0.25) is 0 Å². The minimum atomic E-state index is 0.590. The fraction of sp³-hybridized carbons (Fsp3) is 0.429. The maximum absolute atomic E-state index is 4.45. The van der Waals surface area contributed by atoms with Crippen LogP contribution in [0.5, 0.6) is 0 Å². The molecule has 0 spiro atoms. The van der Waals surface area contributed by atoms with E-state index in [4.69, 9.17) is 0 Å². The number of pyridine rings is 1. The van der Waals surface area contributed by atoms with Gasteiger partial charge in [-0.15, -0.1) is 0 Å². The second-order valence-electron chi connectivity index (χ2n) is 4.96. The summed E-state index contributed by atoms with van der Waals surface area (Å²) in [6.45, 7) is 2.91. The molecule has 3 rings (SSSR count). The first-order chi connectivity index (χ1) is 9.40. The van der Waals surface area contributed by atoms with E-state index in [-0.39, 0.29) is 0 Å². The maximum Gasteiger partial charge on any atom is 0.125 e. The Balaban J connectivity index is 1.53. The first kappa shape index (κ1) is 12.2. The summed E-state index contributed by atoms with van der Waals surface area (Å²) in [4.78, 5) is 8.48. The molecule has 0 saturated carbocycles. The van der Waals surface area contributed by atoms with Crippen LogP contribution in [0.2, 0.25) is 0 Å². The SMILES string of the molecule is c1cn(Cc2ccc(NC[C@@H]3CCCN3)nc2)cn1. The molecule has 0 aromatic carbocycles. The van der Waals surface area contributed by atoms with Crippen molar-refractivity contribution in [1.29, 1.82) is 0 Å². The summed E-state index contributed by atoms with van der Waals surface area (Å²) in [5, 5.41) is 6.85. The molecule has 5 heteroatoms. The van der Waals surface area contributed by atoms with Crippen LogP contribution in [0.1, 0.15) is 18.4 Å². The van der Waals surface area contributed by atoms with Crippen LogP contribution in [-0.2, 0) is 6.54 Å². The van der Waals surface area contributed by atoms with Crippen molar-refractivity contribution in [3.05, 3.63) is 42.6 Å². The fourth-order valence-corrected chi connectivity index (χ4v) is 2.37. The zero-order valence-electron chi connectivity index (χ0n) is 10.9. The summed E-state index contributed by atoms with van der Waals surface area (Å²) in [5.41, 5.74) is 1.18. The first-order valence-electron chi connectivity index (χ1n) is 6.78. The monoisotopic (exact) mass is 257 g/mol. The van der Waals surface area contributed by atoms with Crippen molar-refractivity contribution in [2.45, 2.75) is 25.4 Å². The average Bonchev–Trinajstić information content (AvgIpc) is 3.11. The third-order valence-corrected chi connectivity index (χ3v) is 3.44. The van der Waals surface area contributed by atoms with Gasteiger partial charge < -0.3 is 15.2 Å². The van der Waals surface area contributed by atoms with E-state index < -0.39 is 0 Å². The van der Waals surface area contributed by atoms with E-state index >= 15 is 0 Å². The second-order valence-corrected chi connectivity index (χ2v) is 4.96. The molecule has 2 aromatic heterocycles.